The van der Waals surface area contributed by atoms with Crippen LogP contribution in [0.5, 0.6) is 0 Å². The molecule has 0 aliphatic heterocycles. The van der Waals surface area contributed by atoms with Gasteiger partial charge in [-0.15, -0.1) is 11.3 Å². The fourth-order valence-electron chi connectivity index (χ4n) is 1.93. The highest BCUT2D eigenvalue weighted by molar-refractivity contribution is 7.09. The van der Waals surface area contributed by atoms with Gasteiger partial charge in [0.25, 0.3) is 0 Å². The zero-order valence-electron chi connectivity index (χ0n) is 12.3. The predicted molar refractivity (Wildman–Crippen MR) is 83.5 cm³/mol. The first-order valence-corrected chi connectivity index (χ1v) is 7.75. The summed E-state index contributed by atoms with van der Waals surface area (Å²) in [6.45, 7) is 6.92. The van der Waals surface area contributed by atoms with Gasteiger partial charge in [0.15, 0.2) is 0 Å². The lowest BCUT2D eigenvalue weighted by Gasteiger charge is -2.14. The maximum Gasteiger partial charge on any atom is 0.107 e. The van der Waals surface area contributed by atoms with Gasteiger partial charge in [-0.25, -0.2) is 4.98 Å². The van der Waals surface area contributed by atoms with Gasteiger partial charge in [0, 0.05) is 43.4 Å². The summed E-state index contributed by atoms with van der Waals surface area (Å²) in [5.74, 6) is 0. The summed E-state index contributed by atoms with van der Waals surface area (Å²) in [5, 5.41) is 6.70. The quantitative estimate of drug-likeness (QED) is 0.851. The van der Waals surface area contributed by atoms with Gasteiger partial charge in [-0.3, -0.25) is 9.88 Å². The van der Waals surface area contributed by atoms with E-state index in [1.807, 2.05) is 12.3 Å². The van der Waals surface area contributed by atoms with Gasteiger partial charge < -0.3 is 5.32 Å². The van der Waals surface area contributed by atoms with Gasteiger partial charge in [-0.05, 0) is 18.7 Å². The molecule has 4 nitrogen and oxygen atoms in total. The molecular weight excluding hydrogens is 268 g/mol. The first kappa shape index (κ1) is 15.1. The van der Waals surface area contributed by atoms with E-state index in [-0.39, 0.29) is 0 Å². The van der Waals surface area contributed by atoms with Crippen molar-refractivity contribution in [1.29, 1.82) is 0 Å². The van der Waals surface area contributed by atoms with Crippen molar-refractivity contribution in [3.63, 3.8) is 0 Å². The molecule has 20 heavy (non-hydrogen) atoms. The van der Waals surface area contributed by atoms with Crippen LogP contribution in [0.1, 0.15) is 30.1 Å². The summed E-state index contributed by atoms with van der Waals surface area (Å²) in [4.78, 5) is 11.1. The molecule has 0 aliphatic carbocycles. The normalized spacial score (nSPS) is 11.4. The van der Waals surface area contributed by atoms with Crippen LogP contribution < -0.4 is 5.32 Å². The fraction of sp³-hybridized carbons (Fsp3) is 0.467. The molecule has 0 saturated heterocycles. The van der Waals surface area contributed by atoms with Crippen LogP contribution in [-0.2, 0) is 19.6 Å². The molecule has 5 heteroatoms. The van der Waals surface area contributed by atoms with Crippen LogP contribution >= 0.6 is 11.3 Å². The molecule has 0 saturated carbocycles. The molecule has 2 aromatic heterocycles. The monoisotopic (exact) mass is 290 g/mol. The predicted octanol–water partition coefficient (Wildman–Crippen LogP) is 2.67. The summed E-state index contributed by atoms with van der Waals surface area (Å²) in [7, 11) is 2.11. The van der Waals surface area contributed by atoms with Crippen molar-refractivity contribution < 1.29 is 0 Å². The Morgan fingerprint density at radius 1 is 1.35 bits per heavy atom. The molecule has 2 rings (SSSR count). The Bertz CT molecular complexity index is 510. The molecule has 0 fully saturated rings. The van der Waals surface area contributed by atoms with Crippen LogP contribution in [0, 0.1) is 0 Å². The highest BCUT2D eigenvalue weighted by Gasteiger charge is 2.06. The molecule has 0 atom stereocenters. The third kappa shape index (κ3) is 5.00. The molecule has 0 amide bonds. The van der Waals surface area contributed by atoms with Crippen molar-refractivity contribution in [1.82, 2.24) is 20.2 Å². The van der Waals surface area contributed by atoms with Crippen molar-refractivity contribution >= 4 is 11.3 Å². The second kappa shape index (κ2) is 7.47. The highest BCUT2D eigenvalue weighted by Crippen LogP contribution is 2.12. The Labute approximate surface area is 124 Å². The average molecular weight is 290 g/mol. The van der Waals surface area contributed by atoms with Gasteiger partial charge in [0.05, 0.1) is 5.69 Å². The Balaban J connectivity index is 1.83. The molecule has 2 heterocycles. The minimum atomic E-state index is 0.496. The Morgan fingerprint density at radius 3 is 2.90 bits per heavy atom. The summed E-state index contributed by atoms with van der Waals surface area (Å²) in [5.41, 5.74) is 2.37. The number of nitrogens with one attached hydrogen (secondary N) is 1. The van der Waals surface area contributed by atoms with Gasteiger partial charge >= 0.3 is 0 Å². The highest BCUT2D eigenvalue weighted by atomic mass is 32.1. The van der Waals surface area contributed by atoms with E-state index in [0.717, 1.165) is 30.3 Å². The van der Waals surface area contributed by atoms with Gasteiger partial charge in [-0.2, -0.15) is 0 Å². The molecule has 0 bridgehead atoms. The summed E-state index contributed by atoms with van der Waals surface area (Å²) in [6, 6.07) is 4.57. The van der Waals surface area contributed by atoms with Crippen LogP contribution in [-0.4, -0.2) is 28.0 Å². The third-order valence-electron chi connectivity index (χ3n) is 2.87. The second-order valence-corrected chi connectivity index (χ2v) is 6.24. The van der Waals surface area contributed by atoms with E-state index in [4.69, 9.17) is 0 Å². The minimum Gasteiger partial charge on any atom is -0.308 e. The minimum absolute atomic E-state index is 0.496. The maximum absolute atomic E-state index is 4.66. The van der Waals surface area contributed by atoms with E-state index in [1.165, 1.54) is 5.56 Å². The largest absolute Gasteiger partial charge is 0.308 e. The lowest BCUT2D eigenvalue weighted by Crippen LogP contribution is -2.22. The lowest BCUT2D eigenvalue weighted by molar-refractivity contribution is 0.315. The van der Waals surface area contributed by atoms with Crippen LogP contribution in [0.3, 0.4) is 0 Å². The first-order valence-electron chi connectivity index (χ1n) is 6.87. The number of nitrogens with zero attached hydrogens (tertiary/aromatic N) is 3. The van der Waals surface area contributed by atoms with Crippen molar-refractivity contribution in [2.75, 3.05) is 7.05 Å². The van der Waals surface area contributed by atoms with Gasteiger partial charge in [0.1, 0.15) is 5.01 Å². The van der Waals surface area contributed by atoms with Crippen LogP contribution in [0.15, 0.2) is 29.9 Å². The van der Waals surface area contributed by atoms with Crippen LogP contribution in [0.2, 0.25) is 0 Å². The van der Waals surface area contributed by atoms with E-state index in [1.54, 1.807) is 17.5 Å². The Kier molecular flexibility index (Phi) is 5.64. The van der Waals surface area contributed by atoms with Crippen LogP contribution in [0.4, 0.5) is 0 Å². The molecule has 1 N–H and O–H groups in total. The number of hydrogen-bond donors (Lipinski definition) is 1. The third-order valence-corrected chi connectivity index (χ3v) is 3.77. The van der Waals surface area contributed by atoms with Crippen LogP contribution in [0.25, 0.3) is 0 Å². The van der Waals surface area contributed by atoms with E-state index in [0.29, 0.717) is 6.04 Å². The number of thiazole rings is 1. The smallest absolute Gasteiger partial charge is 0.107 e. The molecule has 2 aromatic rings. The molecule has 0 radical (unpaired) electrons. The topological polar surface area (TPSA) is 41.1 Å². The van der Waals surface area contributed by atoms with Crippen molar-refractivity contribution in [2.24, 2.45) is 0 Å². The SMILES string of the molecule is CC(C)NCc1nc(CN(C)Cc2cccnc2)cs1. The number of aromatic nitrogens is 2. The van der Waals surface area contributed by atoms with Crippen molar-refractivity contribution in [2.45, 2.75) is 39.5 Å². The standard InChI is InChI=1S/C15H22N4S/c1-12(2)17-8-15-18-14(11-20-15)10-19(3)9-13-5-4-6-16-7-13/h4-7,11-12,17H,8-10H2,1-3H3. The van der Waals surface area contributed by atoms with Crippen molar-refractivity contribution in [3.05, 3.63) is 46.2 Å². The van der Waals surface area contributed by atoms with E-state index in [9.17, 15) is 0 Å². The van der Waals surface area contributed by atoms with Gasteiger partial charge in [-0.1, -0.05) is 19.9 Å². The molecule has 0 aromatic carbocycles. The fourth-order valence-corrected chi connectivity index (χ4v) is 2.67. The Hall–Kier alpha value is -1.30. The molecule has 0 spiro atoms. The summed E-state index contributed by atoms with van der Waals surface area (Å²) >= 11 is 1.73. The lowest BCUT2D eigenvalue weighted by atomic mass is 10.2. The zero-order valence-corrected chi connectivity index (χ0v) is 13.2. The number of hydrogen-bond acceptors (Lipinski definition) is 5. The van der Waals surface area contributed by atoms with E-state index < -0.39 is 0 Å². The average Bonchev–Trinajstić information content (AvgIpc) is 2.85. The zero-order chi connectivity index (χ0) is 14.4. The molecule has 0 unspecified atom stereocenters. The van der Waals surface area contributed by atoms with E-state index in [2.05, 4.69) is 52.5 Å². The molecule has 108 valence electrons. The maximum atomic E-state index is 4.66. The summed E-state index contributed by atoms with van der Waals surface area (Å²) in [6.07, 6.45) is 3.72. The molecular formula is C15H22N4S. The number of pyridine rings is 1. The van der Waals surface area contributed by atoms with Crippen molar-refractivity contribution in [3.8, 4) is 0 Å². The second-order valence-electron chi connectivity index (χ2n) is 5.30. The first-order chi connectivity index (χ1) is 9.63. The summed E-state index contributed by atoms with van der Waals surface area (Å²) < 4.78 is 0. The Morgan fingerprint density at radius 2 is 2.20 bits per heavy atom. The van der Waals surface area contributed by atoms with Gasteiger partial charge in [0.2, 0.25) is 0 Å². The number of rotatable bonds is 7. The molecule has 0 aliphatic rings. The van der Waals surface area contributed by atoms with E-state index >= 15 is 0 Å².